The second-order valence-electron chi connectivity index (χ2n) is 5.52. The summed E-state index contributed by atoms with van der Waals surface area (Å²) in [6, 6.07) is 7.49. The van der Waals surface area contributed by atoms with Gasteiger partial charge in [-0.1, -0.05) is 26.0 Å². The number of halogens is 1. The number of benzene rings is 1. The number of hydrogen-bond donors (Lipinski definition) is 2. The van der Waals surface area contributed by atoms with E-state index < -0.39 is 10.0 Å². The van der Waals surface area contributed by atoms with Gasteiger partial charge < -0.3 is 5.32 Å². The van der Waals surface area contributed by atoms with Crippen molar-refractivity contribution in [2.75, 3.05) is 13.1 Å². The van der Waals surface area contributed by atoms with Crippen LogP contribution >= 0.6 is 12.4 Å². The Morgan fingerprint density at radius 3 is 2.52 bits per heavy atom. The summed E-state index contributed by atoms with van der Waals surface area (Å²) in [5.74, 6) is 0.461. The Balaban J connectivity index is 0.00000220. The first-order valence-electron chi connectivity index (χ1n) is 7.36. The van der Waals surface area contributed by atoms with Crippen LogP contribution in [0, 0.1) is 0 Å². The number of hydrogen-bond acceptors (Lipinski definition) is 3. The Bertz CT molecular complexity index is 525. The van der Waals surface area contributed by atoms with E-state index in [1.165, 1.54) is 5.56 Å². The molecule has 0 aromatic heterocycles. The lowest BCUT2D eigenvalue weighted by Gasteiger charge is -2.13. The molecule has 1 aliphatic rings. The summed E-state index contributed by atoms with van der Waals surface area (Å²) in [6.45, 7) is 5.73. The molecule has 0 radical (unpaired) electrons. The van der Waals surface area contributed by atoms with E-state index in [2.05, 4.69) is 23.9 Å². The summed E-state index contributed by atoms with van der Waals surface area (Å²) in [6.07, 6.45) is 3.21. The van der Waals surface area contributed by atoms with Gasteiger partial charge in [-0.15, -0.1) is 12.4 Å². The van der Waals surface area contributed by atoms with Crippen molar-refractivity contribution in [2.24, 2.45) is 0 Å². The molecular weight excluding hydrogens is 308 g/mol. The fourth-order valence-electron chi connectivity index (χ4n) is 2.44. The van der Waals surface area contributed by atoms with Crippen LogP contribution in [0.15, 0.2) is 29.2 Å². The normalized spacial score (nSPS) is 20.0. The van der Waals surface area contributed by atoms with Gasteiger partial charge in [-0.3, -0.25) is 0 Å². The molecule has 2 unspecified atom stereocenters. The largest absolute Gasteiger partial charge is 0.313 e. The van der Waals surface area contributed by atoms with E-state index in [9.17, 15) is 8.42 Å². The highest BCUT2D eigenvalue weighted by Crippen LogP contribution is 2.20. The van der Waals surface area contributed by atoms with Crippen molar-refractivity contribution in [1.29, 1.82) is 0 Å². The SMILES string of the molecule is CCC(C)c1ccc(S(=O)(=O)NCC2CCCN2)cc1.Cl. The van der Waals surface area contributed by atoms with Gasteiger partial charge in [-0.2, -0.15) is 0 Å². The van der Waals surface area contributed by atoms with E-state index >= 15 is 0 Å². The van der Waals surface area contributed by atoms with Crippen LogP contribution in [0.3, 0.4) is 0 Å². The van der Waals surface area contributed by atoms with E-state index in [1.54, 1.807) is 12.1 Å². The van der Waals surface area contributed by atoms with Gasteiger partial charge in [0.15, 0.2) is 0 Å². The third kappa shape index (κ3) is 4.95. The summed E-state index contributed by atoms with van der Waals surface area (Å²) in [7, 11) is -3.39. The molecule has 0 amide bonds. The number of rotatable bonds is 6. The van der Waals surface area contributed by atoms with Crippen molar-refractivity contribution < 1.29 is 8.42 Å². The van der Waals surface area contributed by atoms with Crippen molar-refractivity contribution in [3.05, 3.63) is 29.8 Å². The van der Waals surface area contributed by atoms with Gasteiger partial charge in [0.25, 0.3) is 0 Å². The first kappa shape index (κ1) is 18.4. The molecule has 0 saturated carbocycles. The van der Waals surface area contributed by atoms with Crippen LogP contribution in [0.2, 0.25) is 0 Å². The Morgan fingerprint density at radius 2 is 2.00 bits per heavy atom. The average molecular weight is 333 g/mol. The summed E-state index contributed by atoms with van der Waals surface area (Å²) in [5.41, 5.74) is 1.18. The van der Waals surface area contributed by atoms with Gasteiger partial charge in [-0.05, 0) is 49.4 Å². The van der Waals surface area contributed by atoms with Gasteiger partial charge in [0, 0.05) is 12.6 Å². The van der Waals surface area contributed by atoms with Crippen molar-refractivity contribution >= 4 is 22.4 Å². The summed E-state index contributed by atoms with van der Waals surface area (Å²) >= 11 is 0. The van der Waals surface area contributed by atoms with Gasteiger partial charge in [0.05, 0.1) is 4.90 Å². The summed E-state index contributed by atoms with van der Waals surface area (Å²) in [5, 5.41) is 3.29. The predicted molar refractivity (Wildman–Crippen MR) is 88.6 cm³/mol. The third-order valence-electron chi connectivity index (χ3n) is 4.05. The second-order valence-corrected chi connectivity index (χ2v) is 7.29. The average Bonchev–Trinajstić information content (AvgIpc) is 2.98. The minimum Gasteiger partial charge on any atom is -0.313 e. The minimum atomic E-state index is -3.39. The van der Waals surface area contributed by atoms with Crippen LogP contribution in [0.5, 0.6) is 0 Å². The monoisotopic (exact) mass is 332 g/mol. The molecule has 0 aliphatic carbocycles. The maximum absolute atomic E-state index is 12.2. The first-order chi connectivity index (χ1) is 9.53. The molecular formula is C15H25ClN2O2S. The maximum Gasteiger partial charge on any atom is 0.240 e. The molecule has 120 valence electrons. The van der Waals surface area contributed by atoms with Crippen molar-refractivity contribution in [3.8, 4) is 0 Å². The lowest BCUT2D eigenvalue weighted by Crippen LogP contribution is -2.37. The fraction of sp³-hybridized carbons (Fsp3) is 0.600. The molecule has 1 heterocycles. The van der Waals surface area contributed by atoms with E-state index in [-0.39, 0.29) is 18.4 Å². The number of sulfonamides is 1. The Morgan fingerprint density at radius 1 is 1.33 bits per heavy atom. The third-order valence-corrected chi connectivity index (χ3v) is 5.49. The molecule has 0 bridgehead atoms. The van der Waals surface area contributed by atoms with Crippen LogP contribution in [0.1, 0.15) is 44.6 Å². The Labute approximate surface area is 134 Å². The predicted octanol–water partition coefficient (Wildman–Crippen LogP) is 2.65. The molecule has 6 heteroatoms. The smallest absolute Gasteiger partial charge is 0.240 e. The Hall–Kier alpha value is -0.620. The Kier molecular flexibility index (Phi) is 7.13. The van der Waals surface area contributed by atoms with E-state index in [0.717, 1.165) is 25.8 Å². The molecule has 2 atom stereocenters. The van der Waals surface area contributed by atoms with Crippen LogP contribution < -0.4 is 10.0 Å². The molecule has 1 saturated heterocycles. The molecule has 2 N–H and O–H groups in total. The molecule has 21 heavy (non-hydrogen) atoms. The zero-order valence-corrected chi connectivity index (χ0v) is 14.3. The van der Waals surface area contributed by atoms with Gasteiger partial charge in [0.1, 0.15) is 0 Å². The summed E-state index contributed by atoms with van der Waals surface area (Å²) in [4.78, 5) is 0.350. The zero-order valence-electron chi connectivity index (χ0n) is 12.6. The lowest BCUT2D eigenvalue weighted by molar-refractivity contribution is 0.551. The fourth-order valence-corrected chi connectivity index (χ4v) is 3.52. The standard InChI is InChI=1S/C15H24N2O2S.ClH/c1-3-12(2)13-6-8-15(9-7-13)20(18,19)17-11-14-5-4-10-16-14;/h6-9,12,14,16-17H,3-5,10-11H2,1-2H3;1H. The molecule has 1 aromatic carbocycles. The van der Waals surface area contributed by atoms with Crippen LogP contribution in [-0.4, -0.2) is 27.5 Å². The van der Waals surface area contributed by atoms with Crippen LogP contribution in [0.25, 0.3) is 0 Å². The lowest BCUT2D eigenvalue weighted by atomic mass is 9.99. The molecule has 2 rings (SSSR count). The second kappa shape index (κ2) is 8.13. The first-order valence-corrected chi connectivity index (χ1v) is 8.84. The topological polar surface area (TPSA) is 58.2 Å². The van der Waals surface area contributed by atoms with Gasteiger partial charge >= 0.3 is 0 Å². The molecule has 0 spiro atoms. The van der Waals surface area contributed by atoms with Crippen LogP contribution in [-0.2, 0) is 10.0 Å². The number of nitrogens with one attached hydrogen (secondary N) is 2. The van der Waals surface area contributed by atoms with E-state index in [4.69, 9.17) is 0 Å². The maximum atomic E-state index is 12.2. The van der Waals surface area contributed by atoms with E-state index in [1.807, 2.05) is 12.1 Å². The van der Waals surface area contributed by atoms with Crippen LogP contribution in [0.4, 0.5) is 0 Å². The molecule has 1 aliphatic heterocycles. The highest BCUT2D eigenvalue weighted by molar-refractivity contribution is 7.89. The molecule has 4 nitrogen and oxygen atoms in total. The zero-order chi connectivity index (χ0) is 14.6. The molecule has 1 fully saturated rings. The van der Waals surface area contributed by atoms with Crippen molar-refractivity contribution in [3.63, 3.8) is 0 Å². The minimum absolute atomic E-state index is 0. The highest BCUT2D eigenvalue weighted by Gasteiger charge is 2.19. The summed E-state index contributed by atoms with van der Waals surface area (Å²) < 4.78 is 27.1. The van der Waals surface area contributed by atoms with Crippen molar-refractivity contribution in [2.45, 2.75) is 50.0 Å². The highest BCUT2D eigenvalue weighted by atomic mass is 35.5. The van der Waals surface area contributed by atoms with Crippen molar-refractivity contribution in [1.82, 2.24) is 10.0 Å². The van der Waals surface area contributed by atoms with Gasteiger partial charge in [-0.25, -0.2) is 13.1 Å². The van der Waals surface area contributed by atoms with Gasteiger partial charge in [0.2, 0.25) is 10.0 Å². The van der Waals surface area contributed by atoms with E-state index in [0.29, 0.717) is 17.4 Å². The molecule has 1 aromatic rings. The quantitative estimate of drug-likeness (QED) is 0.842.